The van der Waals surface area contributed by atoms with Gasteiger partial charge < -0.3 is 4.90 Å². The Balaban J connectivity index is 2.29. The van der Waals surface area contributed by atoms with E-state index in [-0.39, 0.29) is 11.8 Å². The van der Waals surface area contributed by atoms with Crippen LogP contribution in [-0.4, -0.2) is 12.5 Å². The molecule has 1 aliphatic heterocycles. The largest absolute Gasteiger partial charge is 0.311 e. The molecule has 1 unspecified atom stereocenters. The van der Waals surface area contributed by atoms with E-state index in [0.29, 0.717) is 13.0 Å². The molecule has 1 heterocycles. The zero-order chi connectivity index (χ0) is 11.7. The van der Waals surface area contributed by atoms with Gasteiger partial charge in [0.25, 0.3) is 0 Å². The number of hydrogen-bond acceptors (Lipinski definition) is 2. The predicted octanol–water partition coefficient (Wildman–Crippen LogP) is 2.63. The van der Waals surface area contributed by atoms with Crippen LogP contribution < -0.4 is 4.90 Å². The Morgan fingerprint density at radius 1 is 1.56 bits per heavy atom. The molecular formula is C12H11BrN2O. The fourth-order valence-corrected chi connectivity index (χ4v) is 2.16. The number of amides is 1. The standard InChI is InChI=1S/C12H11BrN2O/c1-8-2-3-10(5-11(8)13)15-7-9(6-14)4-12(15)16/h2-3,5,9H,4,7H2,1H3. The highest BCUT2D eigenvalue weighted by Crippen LogP contribution is 2.28. The molecule has 0 aliphatic carbocycles. The first-order valence-electron chi connectivity index (χ1n) is 5.08. The lowest BCUT2D eigenvalue weighted by Crippen LogP contribution is -2.24. The molecule has 0 saturated carbocycles. The second-order valence-electron chi connectivity index (χ2n) is 3.97. The molecular weight excluding hydrogens is 268 g/mol. The number of nitriles is 1. The fourth-order valence-electron chi connectivity index (χ4n) is 1.79. The molecule has 2 rings (SSSR count). The summed E-state index contributed by atoms with van der Waals surface area (Å²) in [5.74, 6) is -0.144. The Hall–Kier alpha value is -1.34. The molecule has 0 bridgehead atoms. The summed E-state index contributed by atoms with van der Waals surface area (Å²) < 4.78 is 0.984. The van der Waals surface area contributed by atoms with Crippen LogP contribution in [0.3, 0.4) is 0 Å². The van der Waals surface area contributed by atoms with Crippen LogP contribution in [0.15, 0.2) is 22.7 Å². The summed E-state index contributed by atoms with van der Waals surface area (Å²) in [7, 11) is 0. The van der Waals surface area contributed by atoms with Crippen LogP contribution in [0.5, 0.6) is 0 Å². The Morgan fingerprint density at radius 2 is 2.31 bits per heavy atom. The van der Waals surface area contributed by atoms with Crippen molar-refractivity contribution in [1.82, 2.24) is 0 Å². The molecule has 4 heteroatoms. The van der Waals surface area contributed by atoms with E-state index in [1.54, 1.807) is 4.90 Å². The molecule has 0 aromatic heterocycles. The van der Waals surface area contributed by atoms with E-state index in [4.69, 9.17) is 5.26 Å². The highest BCUT2D eigenvalue weighted by atomic mass is 79.9. The first kappa shape index (κ1) is 11.2. The van der Waals surface area contributed by atoms with Gasteiger partial charge in [0.05, 0.1) is 12.0 Å². The van der Waals surface area contributed by atoms with Crippen molar-refractivity contribution in [3.8, 4) is 6.07 Å². The number of aryl methyl sites for hydroxylation is 1. The van der Waals surface area contributed by atoms with Gasteiger partial charge in [-0.2, -0.15) is 5.26 Å². The average Bonchev–Trinajstić information content (AvgIpc) is 2.64. The zero-order valence-corrected chi connectivity index (χ0v) is 10.5. The lowest BCUT2D eigenvalue weighted by molar-refractivity contribution is -0.117. The maximum absolute atomic E-state index is 11.7. The van der Waals surface area contributed by atoms with Crippen LogP contribution in [0.4, 0.5) is 5.69 Å². The van der Waals surface area contributed by atoms with E-state index in [0.717, 1.165) is 15.7 Å². The molecule has 0 radical (unpaired) electrons. The van der Waals surface area contributed by atoms with Gasteiger partial charge in [-0.05, 0) is 24.6 Å². The third kappa shape index (κ3) is 1.96. The Kier molecular flexibility index (Phi) is 2.97. The molecule has 1 aromatic rings. The summed E-state index contributed by atoms with van der Waals surface area (Å²) in [5, 5.41) is 8.81. The van der Waals surface area contributed by atoms with E-state index in [2.05, 4.69) is 22.0 Å². The summed E-state index contributed by atoms with van der Waals surface area (Å²) in [6.07, 6.45) is 0.335. The lowest BCUT2D eigenvalue weighted by Gasteiger charge is -2.16. The number of carbonyl (C=O) groups excluding carboxylic acids is 1. The van der Waals surface area contributed by atoms with Gasteiger partial charge in [-0.1, -0.05) is 22.0 Å². The minimum atomic E-state index is -0.174. The normalized spacial score (nSPS) is 19.9. The van der Waals surface area contributed by atoms with Crippen LogP contribution in [0.1, 0.15) is 12.0 Å². The molecule has 0 N–H and O–H groups in total. The van der Waals surface area contributed by atoms with E-state index in [1.165, 1.54) is 0 Å². The van der Waals surface area contributed by atoms with Gasteiger partial charge in [0.2, 0.25) is 5.91 Å². The highest BCUT2D eigenvalue weighted by molar-refractivity contribution is 9.10. The molecule has 1 fully saturated rings. The second-order valence-corrected chi connectivity index (χ2v) is 4.82. The molecule has 1 aromatic carbocycles. The van der Waals surface area contributed by atoms with Crippen LogP contribution >= 0.6 is 15.9 Å². The third-order valence-electron chi connectivity index (χ3n) is 2.77. The Bertz CT molecular complexity index is 478. The van der Waals surface area contributed by atoms with Crippen molar-refractivity contribution in [3.05, 3.63) is 28.2 Å². The minimum Gasteiger partial charge on any atom is -0.311 e. The second kappa shape index (κ2) is 4.26. The maximum Gasteiger partial charge on any atom is 0.228 e. The van der Waals surface area contributed by atoms with Crippen LogP contribution in [0.2, 0.25) is 0 Å². The van der Waals surface area contributed by atoms with Crippen molar-refractivity contribution in [3.63, 3.8) is 0 Å². The number of nitrogens with zero attached hydrogens (tertiary/aromatic N) is 2. The topological polar surface area (TPSA) is 44.1 Å². The first-order chi connectivity index (χ1) is 7.61. The van der Waals surface area contributed by atoms with Crippen molar-refractivity contribution in [2.45, 2.75) is 13.3 Å². The molecule has 0 spiro atoms. The first-order valence-corrected chi connectivity index (χ1v) is 5.87. The SMILES string of the molecule is Cc1ccc(N2CC(C#N)CC2=O)cc1Br. The number of rotatable bonds is 1. The number of benzene rings is 1. The van der Waals surface area contributed by atoms with Gasteiger partial charge >= 0.3 is 0 Å². The van der Waals surface area contributed by atoms with Crippen LogP contribution in [-0.2, 0) is 4.79 Å². The van der Waals surface area contributed by atoms with Crippen molar-refractivity contribution in [1.29, 1.82) is 5.26 Å². The number of hydrogen-bond donors (Lipinski definition) is 0. The van der Waals surface area contributed by atoms with Crippen molar-refractivity contribution >= 4 is 27.5 Å². The van der Waals surface area contributed by atoms with Crippen molar-refractivity contribution in [2.24, 2.45) is 5.92 Å². The number of halogens is 1. The number of carbonyl (C=O) groups is 1. The fraction of sp³-hybridized carbons (Fsp3) is 0.333. The molecule has 16 heavy (non-hydrogen) atoms. The van der Waals surface area contributed by atoms with Gasteiger partial charge in [-0.15, -0.1) is 0 Å². The monoisotopic (exact) mass is 278 g/mol. The summed E-state index contributed by atoms with van der Waals surface area (Å²) in [5.41, 5.74) is 1.99. The smallest absolute Gasteiger partial charge is 0.228 e. The van der Waals surface area contributed by atoms with Crippen LogP contribution in [0.25, 0.3) is 0 Å². The quantitative estimate of drug-likeness (QED) is 0.793. The summed E-state index contributed by atoms with van der Waals surface area (Å²) in [6.45, 7) is 2.50. The third-order valence-corrected chi connectivity index (χ3v) is 3.63. The van der Waals surface area contributed by atoms with Gasteiger partial charge in [-0.3, -0.25) is 4.79 Å². The molecule has 1 amide bonds. The van der Waals surface area contributed by atoms with E-state index >= 15 is 0 Å². The van der Waals surface area contributed by atoms with Gasteiger partial charge in [0, 0.05) is 23.1 Å². The minimum absolute atomic E-state index is 0.0299. The van der Waals surface area contributed by atoms with E-state index in [1.807, 2.05) is 25.1 Å². The lowest BCUT2D eigenvalue weighted by atomic mass is 10.1. The summed E-state index contributed by atoms with van der Waals surface area (Å²) in [6, 6.07) is 7.95. The van der Waals surface area contributed by atoms with E-state index in [9.17, 15) is 4.79 Å². The molecule has 1 aliphatic rings. The average molecular weight is 279 g/mol. The van der Waals surface area contributed by atoms with E-state index < -0.39 is 0 Å². The van der Waals surface area contributed by atoms with Gasteiger partial charge in [0.1, 0.15) is 0 Å². The maximum atomic E-state index is 11.7. The summed E-state index contributed by atoms with van der Waals surface area (Å²) in [4.78, 5) is 13.4. The highest BCUT2D eigenvalue weighted by Gasteiger charge is 2.30. The van der Waals surface area contributed by atoms with Crippen molar-refractivity contribution < 1.29 is 4.79 Å². The zero-order valence-electron chi connectivity index (χ0n) is 8.90. The molecule has 3 nitrogen and oxygen atoms in total. The summed E-state index contributed by atoms with van der Waals surface area (Å²) >= 11 is 3.44. The van der Waals surface area contributed by atoms with Gasteiger partial charge in [0.15, 0.2) is 0 Å². The van der Waals surface area contributed by atoms with Crippen LogP contribution in [0, 0.1) is 24.2 Å². The Labute approximate surface area is 103 Å². The van der Waals surface area contributed by atoms with Crippen molar-refractivity contribution in [2.75, 3.05) is 11.4 Å². The number of anilines is 1. The van der Waals surface area contributed by atoms with Gasteiger partial charge in [-0.25, -0.2) is 0 Å². The molecule has 1 atom stereocenters. The molecule has 82 valence electrons. The Morgan fingerprint density at radius 3 is 2.88 bits per heavy atom. The predicted molar refractivity (Wildman–Crippen MR) is 65.0 cm³/mol. The molecule has 1 saturated heterocycles.